The third kappa shape index (κ3) is 5.43. The summed E-state index contributed by atoms with van der Waals surface area (Å²) >= 11 is 14.2. The molecule has 2 unspecified atom stereocenters. The zero-order valence-corrected chi connectivity index (χ0v) is 22.9. The molecule has 0 aliphatic carbocycles. The molecule has 0 fully saturated rings. The van der Waals surface area contributed by atoms with Gasteiger partial charge in [-0.15, -0.1) is 0 Å². The number of anilines is 1. The Morgan fingerprint density at radius 2 is 1.59 bits per heavy atom. The number of nitrogens with zero attached hydrogens (tertiary/aromatic N) is 2. The number of carboxylic acids is 1. The van der Waals surface area contributed by atoms with Crippen molar-refractivity contribution in [2.45, 2.75) is 12.1 Å². The van der Waals surface area contributed by atoms with E-state index in [2.05, 4.69) is 0 Å². The molecule has 3 aromatic rings. The fourth-order valence-electron chi connectivity index (χ4n) is 4.24. The number of ether oxygens (including phenoxy) is 1. The maximum absolute atomic E-state index is 14.3. The number of rotatable bonds is 6. The number of carbonyl (C=O) groups is 4. The highest BCUT2D eigenvalue weighted by molar-refractivity contribution is 14.1. The van der Waals surface area contributed by atoms with Crippen molar-refractivity contribution in [2.75, 3.05) is 18.6 Å². The van der Waals surface area contributed by atoms with Gasteiger partial charge in [0.15, 0.2) is 6.04 Å². The van der Waals surface area contributed by atoms with Gasteiger partial charge in [0.25, 0.3) is 11.8 Å². The third-order valence-electron chi connectivity index (χ3n) is 5.86. The van der Waals surface area contributed by atoms with Gasteiger partial charge in [0.05, 0.1) is 18.4 Å². The average molecular weight is 653 g/mol. The summed E-state index contributed by atoms with van der Waals surface area (Å²) in [5.74, 6) is -3.42. The van der Waals surface area contributed by atoms with E-state index in [4.69, 9.17) is 27.9 Å². The number of benzene rings is 3. The van der Waals surface area contributed by atoms with Crippen molar-refractivity contribution in [1.29, 1.82) is 0 Å². The Balaban J connectivity index is 2.03. The molecule has 0 saturated heterocycles. The van der Waals surface area contributed by atoms with Gasteiger partial charge >= 0.3 is 11.9 Å². The monoisotopic (exact) mass is 652 g/mol. The van der Waals surface area contributed by atoms with Gasteiger partial charge in [-0.2, -0.15) is 0 Å². The molecule has 1 aliphatic rings. The van der Waals surface area contributed by atoms with Crippen LogP contribution >= 0.6 is 45.8 Å². The molecule has 1 N–H and O–H groups in total. The summed E-state index contributed by atoms with van der Waals surface area (Å²) < 4.78 is 5.75. The van der Waals surface area contributed by atoms with Crippen LogP contribution in [-0.2, 0) is 19.1 Å². The predicted octanol–water partition coefficient (Wildman–Crippen LogP) is 5.13. The number of amides is 2. The zero-order chi connectivity index (χ0) is 26.9. The van der Waals surface area contributed by atoms with E-state index in [1.807, 2.05) is 22.6 Å². The number of halogens is 3. The lowest BCUT2D eigenvalue weighted by molar-refractivity contribution is -0.148. The molecule has 37 heavy (non-hydrogen) atoms. The van der Waals surface area contributed by atoms with Crippen LogP contribution in [0.15, 0.2) is 66.7 Å². The van der Waals surface area contributed by atoms with Crippen molar-refractivity contribution in [1.82, 2.24) is 4.90 Å². The molecule has 11 heteroatoms. The lowest BCUT2D eigenvalue weighted by Gasteiger charge is -2.35. The first-order valence-electron chi connectivity index (χ1n) is 10.9. The molecule has 8 nitrogen and oxygen atoms in total. The Morgan fingerprint density at radius 1 is 1.00 bits per heavy atom. The summed E-state index contributed by atoms with van der Waals surface area (Å²) in [6.45, 7) is -0.693. The molecule has 0 spiro atoms. The molecule has 0 radical (unpaired) electrons. The molecular weight excluding hydrogens is 634 g/mol. The molecular formula is C26H19Cl2IN2O6. The first kappa shape index (κ1) is 26.9. The van der Waals surface area contributed by atoms with E-state index in [0.29, 0.717) is 24.7 Å². The SMILES string of the molecule is COC(=O)C(c1ccc(Cl)cc1)N1C(=O)c2cc(I)ccc2N(CC(=O)O)C(=O)C1c1ccc(Cl)cc1. The van der Waals surface area contributed by atoms with Crippen molar-refractivity contribution >= 4 is 75.2 Å². The lowest BCUT2D eigenvalue weighted by Crippen LogP contribution is -2.47. The topological polar surface area (TPSA) is 104 Å². The molecule has 0 aromatic heterocycles. The number of aliphatic carboxylic acids is 1. The van der Waals surface area contributed by atoms with Crippen molar-refractivity contribution in [3.8, 4) is 0 Å². The zero-order valence-electron chi connectivity index (χ0n) is 19.2. The second-order valence-electron chi connectivity index (χ2n) is 8.12. The number of methoxy groups -OCH3 is 1. The summed E-state index contributed by atoms with van der Waals surface area (Å²) in [7, 11) is 1.18. The van der Waals surface area contributed by atoms with Gasteiger partial charge in [0.2, 0.25) is 0 Å². The quantitative estimate of drug-likeness (QED) is 0.293. The molecule has 1 aliphatic heterocycles. The Bertz CT molecular complexity index is 1380. The largest absolute Gasteiger partial charge is 0.480 e. The van der Waals surface area contributed by atoms with Crippen LogP contribution in [0.25, 0.3) is 0 Å². The number of hydrogen-bond donors (Lipinski definition) is 1. The van der Waals surface area contributed by atoms with Crippen molar-refractivity contribution < 1.29 is 29.0 Å². The first-order valence-corrected chi connectivity index (χ1v) is 12.7. The van der Waals surface area contributed by atoms with E-state index in [-0.39, 0.29) is 11.3 Å². The van der Waals surface area contributed by atoms with Crippen LogP contribution in [0.1, 0.15) is 33.6 Å². The van der Waals surface area contributed by atoms with Crippen LogP contribution in [0.2, 0.25) is 10.0 Å². The van der Waals surface area contributed by atoms with E-state index in [1.54, 1.807) is 60.7 Å². The van der Waals surface area contributed by atoms with Gasteiger partial charge in [-0.3, -0.25) is 19.3 Å². The van der Waals surface area contributed by atoms with Crippen molar-refractivity contribution in [3.63, 3.8) is 0 Å². The number of esters is 1. The van der Waals surface area contributed by atoms with Crippen molar-refractivity contribution in [3.05, 3.63) is 97.0 Å². The minimum Gasteiger partial charge on any atom is -0.480 e. The van der Waals surface area contributed by atoms with Crippen molar-refractivity contribution in [2.24, 2.45) is 0 Å². The molecule has 0 saturated carbocycles. The highest BCUT2D eigenvalue weighted by Gasteiger charge is 2.47. The molecule has 2 atom stereocenters. The first-order chi connectivity index (χ1) is 17.6. The second-order valence-corrected chi connectivity index (χ2v) is 10.2. The number of fused-ring (bicyclic) bond motifs is 1. The summed E-state index contributed by atoms with van der Waals surface area (Å²) in [5, 5.41) is 10.4. The molecule has 190 valence electrons. The van der Waals surface area contributed by atoms with Gasteiger partial charge in [-0.1, -0.05) is 47.5 Å². The van der Waals surface area contributed by atoms with E-state index in [1.165, 1.54) is 13.2 Å². The number of hydrogen-bond acceptors (Lipinski definition) is 5. The fraction of sp³-hybridized carbons (Fsp3) is 0.154. The highest BCUT2D eigenvalue weighted by atomic mass is 127. The van der Waals surface area contributed by atoms with Gasteiger partial charge < -0.3 is 14.7 Å². The van der Waals surface area contributed by atoms with E-state index >= 15 is 0 Å². The minimum atomic E-state index is -1.38. The second kappa shape index (κ2) is 11.1. The Kier molecular flexibility index (Phi) is 8.05. The smallest absolute Gasteiger partial charge is 0.333 e. The average Bonchev–Trinajstić information content (AvgIpc) is 2.95. The fourth-order valence-corrected chi connectivity index (χ4v) is 4.98. The maximum Gasteiger partial charge on any atom is 0.333 e. The van der Waals surface area contributed by atoms with Crippen LogP contribution in [-0.4, -0.2) is 47.4 Å². The van der Waals surface area contributed by atoms with Crippen LogP contribution in [0.3, 0.4) is 0 Å². The molecule has 4 rings (SSSR count). The predicted molar refractivity (Wildman–Crippen MR) is 146 cm³/mol. The van der Waals surface area contributed by atoms with E-state index < -0.39 is 42.4 Å². The van der Waals surface area contributed by atoms with Gasteiger partial charge in [0.1, 0.15) is 12.6 Å². The van der Waals surface area contributed by atoms with Gasteiger partial charge in [-0.25, -0.2) is 4.79 Å². The standard InChI is InChI=1S/C26H19Cl2IN2O6/c1-37-26(36)23(15-4-8-17(28)9-5-15)31-22(14-2-6-16(27)7-3-14)25(35)30(13-21(32)33)20-11-10-18(29)12-19(20)24(31)34/h2-12,22-23H,13H2,1H3,(H,32,33). The van der Waals surface area contributed by atoms with Gasteiger partial charge in [0, 0.05) is 13.6 Å². The van der Waals surface area contributed by atoms with Crippen LogP contribution < -0.4 is 4.90 Å². The number of carboxylic acid groups (broad SMARTS) is 1. The number of carbonyl (C=O) groups excluding carboxylic acids is 3. The van der Waals surface area contributed by atoms with Gasteiger partial charge in [-0.05, 0) is 76.2 Å². The molecule has 3 aromatic carbocycles. The molecule has 0 bridgehead atoms. The highest BCUT2D eigenvalue weighted by Crippen LogP contribution is 2.41. The minimum absolute atomic E-state index is 0.0702. The summed E-state index contributed by atoms with van der Waals surface area (Å²) in [6, 6.07) is 14.5. The maximum atomic E-state index is 14.3. The molecule has 1 heterocycles. The third-order valence-corrected chi connectivity index (χ3v) is 7.03. The summed E-state index contributed by atoms with van der Waals surface area (Å²) in [6.07, 6.45) is 0. The van der Waals surface area contributed by atoms with Crippen LogP contribution in [0, 0.1) is 3.57 Å². The Morgan fingerprint density at radius 3 is 2.16 bits per heavy atom. The van der Waals surface area contributed by atoms with E-state index in [0.717, 1.165) is 9.80 Å². The normalized spacial score (nSPS) is 16.2. The Hall–Kier alpha value is -3.15. The van der Waals surface area contributed by atoms with Crippen LogP contribution in [0.5, 0.6) is 0 Å². The Labute approximate surface area is 235 Å². The lowest BCUT2D eigenvalue weighted by atomic mass is 9.97. The van der Waals surface area contributed by atoms with Crippen LogP contribution in [0.4, 0.5) is 5.69 Å². The molecule has 2 amide bonds. The summed E-state index contributed by atoms with van der Waals surface area (Å²) in [4.78, 5) is 55.6. The summed E-state index contributed by atoms with van der Waals surface area (Å²) in [5.41, 5.74) is 0.888. The van der Waals surface area contributed by atoms with E-state index in [9.17, 15) is 24.3 Å².